The van der Waals surface area contributed by atoms with E-state index in [1.165, 1.54) is 17.6 Å². The van der Waals surface area contributed by atoms with E-state index in [0.29, 0.717) is 44.2 Å². The Labute approximate surface area is 272 Å². The van der Waals surface area contributed by atoms with Gasteiger partial charge in [-0.05, 0) is 55.5 Å². The first-order valence-corrected chi connectivity index (χ1v) is 16.9. The van der Waals surface area contributed by atoms with Crippen molar-refractivity contribution in [2.75, 3.05) is 45.3 Å². The third-order valence-electron chi connectivity index (χ3n) is 8.70. The van der Waals surface area contributed by atoms with Crippen molar-refractivity contribution < 1.29 is 31.9 Å². The first kappa shape index (κ1) is 33.7. The smallest absolute Gasteiger partial charge is 0.407 e. The second-order valence-electron chi connectivity index (χ2n) is 11.3. The zero-order valence-corrected chi connectivity index (χ0v) is 27.0. The van der Waals surface area contributed by atoms with Crippen LogP contribution in [0, 0.1) is 5.82 Å². The van der Waals surface area contributed by atoms with Crippen molar-refractivity contribution in [3.63, 3.8) is 0 Å². The van der Waals surface area contributed by atoms with Crippen molar-refractivity contribution in [3.05, 3.63) is 89.0 Å². The summed E-state index contributed by atoms with van der Waals surface area (Å²) in [5.74, 6) is -1.24. The van der Waals surface area contributed by atoms with Gasteiger partial charge in [-0.25, -0.2) is 17.6 Å². The standard InChI is InChI=1S/C32H37ClFN5O6S/c1-44-31(41)38-29(32(13-17-45-18-14-32)22-7-9-23(33)10-8-22)30(40)37-28-21-36-20-27(34)26(28)12-11-24-19-35-15-16-39(24)46(42,43)25-5-3-2-4-6-25/h2-10,20-21,24,29,35H,11-19H2,1H3,(H,37,40)(H,38,41)/t24-,29?/m0/s1. The molecule has 2 saturated heterocycles. The van der Waals surface area contributed by atoms with Crippen LogP contribution >= 0.6 is 11.6 Å². The highest BCUT2D eigenvalue weighted by atomic mass is 35.5. The number of amides is 2. The largest absolute Gasteiger partial charge is 0.453 e. The molecule has 2 aliphatic heterocycles. The highest BCUT2D eigenvalue weighted by Gasteiger charge is 2.47. The van der Waals surface area contributed by atoms with Crippen LogP contribution in [0.2, 0.25) is 5.02 Å². The van der Waals surface area contributed by atoms with Gasteiger partial charge < -0.3 is 25.4 Å². The number of aromatic nitrogens is 1. The number of nitrogens with zero attached hydrogens (tertiary/aromatic N) is 2. The maximum absolute atomic E-state index is 15.4. The fourth-order valence-corrected chi connectivity index (χ4v) is 8.07. The Hall–Kier alpha value is -3.62. The molecule has 246 valence electrons. The van der Waals surface area contributed by atoms with Crippen molar-refractivity contribution in [1.82, 2.24) is 19.9 Å². The van der Waals surface area contributed by atoms with Gasteiger partial charge in [0.25, 0.3) is 0 Å². The van der Waals surface area contributed by atoms with Crippen LogP contribution in [0.4, 0.5) is 14.9 Å². The van der Waals surface area contributed by atoms with Gasteiger partial charge >= 0.3 is 6.09 Å². The molecule has 3 aromatic rings. The molecule has 2 fully saturated rings. The summed E-state index contributed by atoms with van der Waals surface area (Å²) >= 11 is 6.16. The van der Waals surface area contributed by atoms with Gasteiger partial charge in [0, 0.05) is 54.9 Å². The van der Waals surface area contributed by atoms with Gasteiger partial charge in [0.2, 0.25) is 15.9 Å². The first-order valence-electron chi connectivity index (χ1n) is 15.0. The van der Waals surface area contributed by atoms with Gasteiger partial charge in [0.05, 0.1) is 30.1 Å². The number of rotatable bonds is 10. The third kappa shape index (κ3) is 7.34. The van der Waals surface area contributed by atoms with E-state index in [4.69, 9.17) is 21.1 Å². The zero-order valence-electron chi connectivity index (χ0n) is 25.4. The maximum Gasteiger partial charge on any atom is 0.407 e. The molecule has 2 amide bonds. The lowest BCUT2D eigenvalue weighted by atomic mass is 9.68. The number of hydrogen-bond acceptors (Lipinski definition) is 8. The lowest BCUT2D eigenvalue weighted by molar-refractivity contribution is -0.121. The van der Waals surface area contributed by atoms with E-state index in [1.807, 2.05) is 12.1 Å². The molecule has 1 aromatic heterocycles. The summed E-state index contributed by atoms with van der Waals surface area (Å²) in [6.07, 6.45) is 2.81. The van der Waals surface area contributed by atoms with Crippen LogP contribution in [0.1, 0.15) is 30.4 Å². The van der Waals surface area contributed by atoms with Crippen LogP contribution in [0.15, 0.2) is 71.9 Å². The molecule has 3 N–H and O–H groups in total. The van der Waals surface area contributed by atoms with Crippen molar-refractivity contribution in [1.29, 1.82) is 0 Å². The van der Waals surface area contributed by atoms with E-state index in [0.717, 1.165) is 11.8 Å². The van der Waals surface area contributed by atoms with E-state index in [1.54, 1.807) is 42.5 Å². The quantitative estimate of drug-likeness (QED) is 0.295. The number of methoxy groups -OCH3 is 1. The maximum atomic E-state index is 15.4. The summed E-state index contributed by atoms with van der Waals surface area (Å²) in [4.78, 5) is 30.8. The molecular formula is C32H37ClFN5O6S. The number of pyridine rings is 1. The summed E-state index contributed by atoms with van der Waals surface area (Å²) in [7, 11) is -2.57. The van der Waals surface area contributed by atoms with E-state index >= 15 is 4.39 Å². The number of nitrogens with one attached hydrogen (secondary N) is 3. The molecule has 11 nitrogen and oxygen atoms in total. The number of halogens is 2. The van der Waals surface area contributed by atoms with E-state index in [2.05, 4.69) is 20.9 Å². The first-order chi connectivity index (χ1) is 22.2. The predicted molar refractivity (Wildman–Crippen MR) is 171 cm³/mol. The monoisotopic (exact) mass is 673 g/mol. The molecular weight excluding hydrogens is 637 g/mol. The topological polar surface area (TPSA) is 139 Å². The molecule has 5 rings (SSSR count). The van der Waals surface area contributed by atoms with Crippen molar-refractivity contribution in [2.45, 2.75) is 48.1 Å². The molecule has 14 heteroatoms. The van der Waals surface area contributed by atoms with Crippen molar-refractivity contribution in [3.8, 4) is 0 Å². The number of ether oxygens (including phenoxy) is 2. The molecule has 2 aliphatic rings. The van der Waals surface area contributed by atoms with Crippen LogP contribution in [0.25, 0.3) is 0 Å². The number of alkyl carbamates (subject to hydrolysis) is 1. The van der Waals surface area contributed by atoms with Gasteiger partial charge in [-0.3, -0.25) is 9.78 Å². The highest BCUT2D eigenvalue weighted by Crippen LogP contribution is 2.39. The minimum absolute atomic E-state index is 0.113. The molecule has 0 bridgehead atoms. The minimum atomic E-state index is -3.78. The molecule has 0 saturated carbocycles. The SMILES string of the molecule is COC(=O)NC(C(=O)Nc1cncc(F)c1CC[C@H]1CNCCN1S(=O)(=O)c1ccccc1)C1(c2ccc(Cl)cc2)CCOCC1. The predicted octanol–water partition coefficient (Wildman–Crippen LogP) is 3.88. The van der Waals surface area contributed by atoms with Crippen molar-refractivity contribution in [2.24, 2.45) is 0 Å². The number of carbonyl (C=O) groups is 2. The molecule has 0 radical (unpaired) electrons. The van der Waals surface area contributed by atoms with Crippen molar-refractivity contribution >= 4 is 39.3 Å². The number of sulfonamides is 1. The lowest BCUT2D eigenvalue weighted by Gasteiger charge is -2.43. The van der Waals surface area contributed by atoms with E-state index in [9.17, 15) is 18.0 Å². The summed E-state index contributed by atoms with van der Waals surface area (Å²) in [5.41, 5.74) is 0.192. The number of hydrogen-bond donors (Lipinski definition) is 3. The normalized spacial score (nSPS) is 19.2. The Balaban J connectivity index is 1.41. The van der Waals surface area contributed by atoms with Gasteiger partial charge in [-0.1, -0.05) is 41.9 Å². The average Bonchev–Trinajstić information content (AvgIpc) is 3.08. The number of benzene rings is 2. The average molecular weight is 674 g/mol. The third-order valence-corrected chi connectivity index (χ3v) is 10.9. The summed E-state index contributed by atoms with van der Waals surface area (Å²) in [6.45, 7) is 1.83. The van der Waals surface area contributed by atoms with Crippen LogP contribution in [0.3, 0.4) is 0 Å². The van der Waals surface area contributed by atoms with E-state index in [-0.39, 0.29) is 35.5 Å². The molecule has 2 atom stereocenters. The molecule has 2 aromatic carbocycles. The Bertz CT molecular complexity index is 1620. The Morgan fingerprint density at radius 3 is 2.57 bits per heavy atom. The molecule has 3 heterocycles. The fraction of sp³-hybridized carbons (Fsp3) is 0.406. The van der Waals surface area contributed by atoms with Crippen LogP contribution < -0.4 is 16.0 Å². The lowest BCUT2D eigenvalue weighted by Crippen LogP contribution is -2.58. The molecule has 0 aliphatic carbocycles. The second-order valence-corrected chi connectivity index (χ2v) is 13.6. The van der Waals surface area contributed by atoms with E-state index < -0.39 is 45.3 Å². The Morgan fingerprint density at radius 2 is 1.87 bits per heavy atom. The van der Waals surface area contributed by atoms with Crippen LogP contribution in [-0.4, -0.2) is 81.7 Å². The molecule has 0 spiro atoms. The van der Waals surface area contributed by atoms with Gasteiger partial charge in [0.1, 0.15) is 11.9 Å². The zero-order chi connectivity index (χ0) is 32.7. The minimum Gasteiger partial charge on any atom is -0.453 e. The molecule has 46 heavy (non-hydrogen) atoms. The highest BCUT2D eigenvalue weighted by molar-refractivity contribution is 7.89. The second kappa shape index (κ2) is 14.9. The Morgan fingerprint density at radius 1 is 1.15 bits per heavy atom. The van der Waals surface area contributed by atoms with Crippen LogP contribution in [0.5, 0.6) is 0 Å². The van der Waals surface area contributed by atoms with Gasteiger partial charge in [-0.15, -0.1) is 0 Å². The number of anilines is 1. The van der Waals surface area contributed by atoms with Crippen LogP contribution in [-0.2, 0) is 36.1 Å². The fourth-order valence-electron chi connectivity index (χ4n) is 6.26. The Kier molecular flexibility index (Phi) is 10.9. The molecule has 1 unspecified atom stereocenters. The van der Waals surface area contributed by atoms with Gasteiger partial charge in [-0.2, -0.15) is 4.31 Å². The van der Waals surface area contributed by atoms with Gasteiger partial charge in [0.15, 0.2) is 0 Å². The summed E-state index contributed by atoms with van der Waals surface area (Å²) < 4.78 is 54.3. The number of carbonyl (C=O) groups excluding carboxylic acids is 2. The summed E-state index contributed by atoms with van der Waals surface area (Å²) in [6, 6.07) is 13.7. The summed E-state index contributed by atoms with van der Waals surface area (Å²) in [5, 5.41) is 9.27. The number of piperazine rings is 1.